The summed E-state index contributed by atoms with van der Waals surface area (Å²) in [5.41, 5.74) is 0.459. The summed E-state index contributed by atoms with van der Waals surface area (Å²) in [5.74, 6) is 0. The Morgan fingerprint density at radius 1 is 0.889 bits per heavy atom. The van der Waals surface area contributed by atoms with Gasteiger partial charge in [0.15, 0.2) is 0 Å². The highest BCUT2D eigenvalue weighted by Crippen LogP contribution is 2.41. The van der Waals surface area contributed by atoms with Crippen LogP contribution in [0.5, 0.6) is 0 Å². The van der Waals surface area contributed by atoms with E-state index in [1.807, 2.05) is 13.0 Å². The van der Waals surface area contributed by atoms with Crippen LogP contribution in [-0.4, -0.2) is 6.18 Å². The van der Waals surface area contributed by atoms with E-state index in [0.29, 0.717) is 5.56 Å². The van der Waals surface area contributed by atoms with E-state index in [1.54, 1.807) is 12.1 Å². The van der Waals surface area contributed by atoms with Crippen LogP contribution in [0.4, 0.5) is 13.2 Å². The lowest BCUT2D eigenvalue weighted by atomic mass is 9.78. The van der Waals surface area contributed by atoms with Gasteiger partial charge in [-0.1, -0.05) is 39.0 Å². The molecule has 0 fully saturated rings. The highest BCUT2D eigenvalue weighted by Gasteiger charge is 2.48. The Balaban J connectivity index is 3.29. The normalized spacial score (nSPS) is 13.8. The Kier molecular flexibility index (Phi) is 3.59. The molecule has 1 aromatic rings. The molecule has 0 N–H and O–H groups in total. The van der Waals surface area contributed by atoms with Crippen molar-refractivity contribution < 1.29 is 13.2 Å². The number of hydrogen-bond acceptors (Lipinski definition) is 0. The lowest BCUT2D eigenvalue weighted by molar-refractivity contribution is -0.180. The number of halogens is 3. The van der Waals surface area contributed by atoms with E-state index in [-0.39, 0.29) is 5.41 Å². The Morgan fingerprint density at radius 2 is 1.39 bits per heavy atom. The topological polar surface area (TPSA) is 0 Å². The van der Waals surface area contributed by atoms with Crippen LogP contribution in [0.2, 0.25) is 0 Å². The molecule has 0 aliphatic heterocycles. The first-order chi connectivity index (χ1) is 7.87. The second-order valence-electron chi connectivity index (χ2n) is 6.40. The van der Waals surface area contributed by atoms with Crippen LogP contribution in [0.3, 0.4) is 0 Å². The fraction of sp³-hybridized carbons (Fsp3) is 0.600. The lowest BCUT2D eigenvalue weighted by Crippen LogP contribution is -2.36. The van der Waals surface area contributed by atoms with Crippen molar-refractivity contribution in [2.45, 2.75) is 58.5 Å². The number of alkyl halides is 3. The summed E-state index contributed by atoms with van der Waals surface area (Å²) in [4.78, 5) is 0. The zero-order chi connectivity index (χ0) is 14.4. The van der Waals surface area contributed by atoms with Crippen molar-refractivity contribution in [3.8, 4) is 0 Å². The zero-order valence-corrected chi connectivity index (χ0v) is 11.9. The van der Waals surface area contributed by atoms with E-state index in [0.717, 1.165) is 11.1 Å². The van der Waals surface area contributed by atoms with Crippen LogP contribution < -0.4 is 0 Å². The van der Waals surface area contributed by atoms with Crippen molar-refractivity contribution >= 4 is 0 Å². The first-order valence-electron chi connectivity index (χ1n) is 6.05. The molecule has 0 atom stereocenters. The van der Waals surface area contributed by atoms with E-state index in [9.17, 15) is 13.2 Å². The molecular formula is C15H21F3. The number of rotatable bonds is 1. The summed E-state index contributed by atoms with van der Waals surface area (Å²) in [5, 5.41) is 0. The van der Waals surface area contributed by atoms with E-state index in [4.69, 9.17) is 0 Å². The molecule has 0 nitrogen and oxygen atoms in total. The summed E-state index contributed by atoms with van der Waals surface area (Å²) in [6, 6.07) is 5.08. The van der Waals surface area contributed by atoms with Crippen molar-refractivity contribution in [3.05, 3.63) is 34.9 Å². The average Bonchev–Trinajstić information content (AvgIpc) is 2.13. The minimum atomic E-state index is -4.23. The molecule has 3 heteroatoms. The van der Waals surface area contributed by atoms with Gasteiger partial charge in [0, 0.05) is 0 Å². The van der Waals surface area contributed by atoms with Crippen LogP contribution in [0, 0.1) is 6.92 Å². The molecule has 0 heterocycles. The lowest BCUT2D eigenvalue weighted by Gasteiger charge is -2.30. The van der Waals surface area contributed by atoms with Gasteiger partial charge in [0.2, 0.25) is 0 Å². The number of benzene rings is 1. The third-order valence-electron chi connectivity index (χ3n) is 3.46. The maximum Gasteiger partial charge on any atom is 0.397 e. The maximum absolute atomic E-state index is 13.0. The molecular weight excluding hydrogens is 237 g/mol. The molecule has 102 valence electrons. The van der Waals surface area contributed by atoms with Crippen molar-refractivity contribution in [2.24, 2.45) is 0 Å². The molecule has 18 heavy (non-hydrogen) atoms. The van der Waals surface area contributed by atoms with Gasteiger partial charge in [0.05, 0.1) is 5.41 Å². The predicted octanol–water partition coefficient (Wildman–Crippen LogP) is 5.13. The van der Waals surface area contributed by atoms with Crippen molar-refractivity contribution in [1.82, 2.24) is 0 Å². The first kappa shape index (κ1) is 15.1. The van der Waals surface area contributed by atoms with Crippen molar-refractivity contribution in [2.75, 3.05) is 0 Å². The third-order valence-corrected chi connectivity index (χ3v) is 3.46. The van der Waals surface area contributed by atoms with Crippen molar-refractivity contribution in [3.63, 3.8) is 0 Å². The van der Waals surface area contributed by atoms with Gasteiger partial charge >= 0.3 is 6.18 Å². The summed E-state index contributed by atoms with van der Waals surface area (Å²) in [6.07, 6.45) is -4.23. The Hall–Kier alpha value is -0.990. The minimum absolute atomic E-state index is 0.0506. The van der Waals surface area contributed by atoms with Crippen molar-refractivity contribution in [1.29, 1.82) is 0 Å². The number of hydrogen-bond donors (Lipinski definition) is 0. The van der Waals surface area contributed by atoms with Gasteiger partial charge < -0.3 is 0 Å². The van der Waals surface area contributed by atoms with E-state index >= 15 is 0 Å². The average molecular weight is 258 g/mol. The van der Waals surface area contributed by atoms with Gasteiger partial charge in [0.25, 0.3) is 0 Å². The van der Waals surface area contributed by atoms with Gasteiger partial charge in [-0.05, 0) is 42.9 Å². The molecule has 0 bridgehead atoms. The Labute approximate surface area is 107 Å². The molecule has 1 rings (SSSR count). The molecule has 0 radical (unpaired) electrons. The monoisotopic (exact) mass is 258 g/mol. The largest absolute Gasteiger partial charge is 0.397 e. The van der Waals surface area contributed by atoms with E-state index in [2.05, 4.69) is 20.8 Å². The standard InChI is InChI=1S/C15H21F3/c1-10-9-11(14(5,6)15(16,17)18)7-8-12(10)13(2,3)4/h7-9H,1-6H3. The quantitative estimate of drug-likeness (QED) is 0.655. The van der Waals surface area contributed by atoms with Crippen LogP contribution >= 0.6 is 0 Å². The third kappa shape index (κ3) is 2.70. The minimum Gasteiger partial charge on any atom is -0.170 e. The molecule has 0 saturated heterocycles. The van der Waals surface area contributed by atoms with Crippen LogP contribution in [-0.2, 0) is 10.8 Å². The van der Waals surface area contributed by atoms with E-state index in [1.165, 1.54) is 13.8 Å². The molecule has 0 aliphatic rings. The predicted molar refractivity (Wildman–Crippen MR) is 69.0 cm³/mol. The summed E-state index contributed by atoms with van der Waals surface area (Å²) < 4.78 is 39.0. The summed E-state index contributed by atoms with van der Waals surface area (Å²) in [7, 11) is 0. The smallest absolute Gasteiger partial charge is 0.170 e. The highest BCUT2D eigenvalue weighted by molar-refractivity contribution is 5.38. The Morgan fingerprint density at radius 3 is 1.72 bits per heavy atom. The molecule has 0 unspecified atom stereocenters. The van der Waals surface area contributed by atoms with Crippen LogP contribution in [0.1, 0.15) is 51.3 Å². The fourth-order valence-corrected chi connectivity index (χ4v) is 2.06. The summed E-state index contributed by atoms with van der Waals surface area (Å²) >= 11 is 0. The van der Waals surface area contributed by atoms with E-state index < -0.39 is 11.6 Å². The van der Waals surface area contributed by atoms with Gasteiger partial charge in [-0.15, -0.1) is 0 Å². The first-order valence-corrected chi connectivity index (χ1v) is 6.05. The molecule has 0 amide bonds. The van der Waals surface area contributed by atoms with Gasteiger partial charge in [0.1, 0.15) is 0 Å². The Bertz CT molecular complexity index is 434. The SMILES string of the molecule is Cc1cc(C(C)(C)C(F)(F)F)ccc1C(C)(C)C. The molecule has 0 aromatic heterocycles. The van der Waals surface area contributed by atoms with Gasteiger partial charge in [-0.3, -0.25) is 0 Å². The fourth-order valence-electron chi connectivity index (χ4n) is 2.06. The second kappa shape index (κ2) is 4.29. The second-order valence-corrected chi connectivity index (χ2v) is 6.40. The van der Waals surface area contributed by atoms with Crippen LogP contribution in [0.25, 0.3) is 0 Å². The zero-order valence-electron chi connectivity index (χ0n) is 11.9. The molecule has 0 spiro atoms. The van der Waals surface area contributed by atoms with Crippen LogP contribution in [0.15, 0.2) is 18.2 Å². The molecule has 1 aromatic carbocycles. The maximum atomic E-state index is 13.0. The molecule has 0 aliphatic carbocycles. The molecule has 0 saturated carbocycles. The highest BCUT2D eigenvalue weighted by atomic mass is 19.4. The van der Waals surface area contributed by atoms with Gasteiger partial charge in [-0.2, -0.15) is 13.2 Å². The number of aryl methyl sites for hydroxylation is 1. The summed E-state index contributed by atoms with van der Waals surface area (Å²) in [6.45, 7) is 10.5. The van der Waals surface area contributed by atoms with Gasteiger partial charge in [-0.25, -0.2) is 0 Å².